The Balaban J connectivity index is 1.61. The van der Waals surface area contributed by atoms with Crippen LogP contribution in [0.15, 0.2) is 0 Å². The van der Waals surface area contributed by atoms with Crippen molar-refractivity contribution in [1.82, 2.24) is 9.80 Å². The lowest BCUT2D eigenvalue weighted by molar-refractivity contribution is -0.129. The lowest BCUT2D eigenvalue weighted by Crippen LogP contribution is -2.58. The Hall–Kier alpha value is -0.450. The minimum Gasteiger partial charge on any atom is -0.379 e. The van der Waals surface area contributed by atoms with Gasteiger partial charge in [-0.1, -0.05) is 6.42 Å². The van der Waals surface area contributed by atoms with Crippen molar-refractivity contribution in [3.8, 4) is 0 Å². The van der Waals surface area contributed by atoms with E-state index in [0.29, 0.717) is 23.9 Å². The largest absolute Gasteiger partial charge is 0.379 e. The summed E-state index contributed by atoms with van der Waals surface area (Å²) < 4.78 is 5.42. The van der Waals surface area contributed by atoms with Gasteiger partial charge in [0.25, 0.3) is 0 Å². The second-order valence-electron chi connectivity index (χ2n) is 6.39. The lowest BCUT2D eigenvalue weighted by atomic mass is 9.82. The fourth-order valence-electron chi connectivity index (χ4n) is 4.18. The molecular weight excluding hydrogens is 240 g/mol. The van der Waals surface area contributed by atoms with Crippen LogP contribution < -0.4 is 0 Å². The zero-order chi connectivity index (χ0) is 13.2. The van der Waals surface area contributed by atoms with Gasteiger partial charge in [-0.3, -0.25) is 14.6 Å². The van der Waals surface area contributed by atoms with Gasteiger partial charge in [0.2, 0.25) is 0 Å². The molecule has 0 spiro atoms. The number of carbonyl (C=O) groups is 1. The van der Waals surface area contributed by atoms with Crippen molar-refractivity contribution in [2.24, 2.45) is 0 Å². The maximum Gasteiger partial charge on any atom is 0.136 e. The van der Waals surface area contributed by atoms with Crippen molar-refractivity contribution in [3.05, 3.63) is 0 Å². The Morgan fingerprint density at radius 2 is 1.84 bits per heavy atom. The molecule has 4 nitrogen and oxygen atoms in total. The molecule has 0 aromatic heterocycles. The number of rotatable bonds is 3. The normalized spacial score (nSPS) is 35.3. The molecule has 3 aliphatic rings. The van der Waals surface area contributed by atoms with Crippen LogP contribution in [0.4, 0.5) is 0 Å². The average molecular weight is 266 g/mol. The molecule has 0 aromatic carbocycles. The number of morpholine rings is 1. The highest BCUT2D eigenvalue weighted by molar-refractivity contribution is 5.80. The number of carbonyl (C=O) groups excluding carboxylic acids is 1. The summed E-state index contributed by atoms with van der Waals surface area (Å²) in [7, 11) is 0. The predicted molar refractivity (Wildman–Crippen MR) is 74.2 cm³/mol. The predicted octanol–water partition coefficient (Wildman–Crippen LogP) is 1.29. The van der Waals surface area contributed by atoms with Gasteiger partial charge < -0.3 is 4.74 Å². The number of ether oxygens (including phenoxy) is 1. The third kappa shape index (κ3) is 3.01. The van der Waals surface area contributed by atoms with Gasteiger partial charge in [-0.05, 0) is 19.8 Å². The molecule has 0 aromatic rings. The molecule has 3 rings (SSSR count). The highest BCUT2D eigenvalue weighted by Crippen LogP contribution is 2.34. The van der Waals surface area contributed by atoms with Crippen LogP contribution in [0.25, 0.3) is 0 Å². The average Bonchev–Trinajstić information content (AvgIpc) is 2.38. The molecule has 0 radical (unpaired) electrons. The van der Waals surface area contributed by atoms with Gasteiger partial charge in [-0.15, -0.1) is 0 Å². The molecule has 0 N–H and O–H groups in total. The van der Waals surface area contributed by atoms with Crippen molar-refractivity contribution >= 4 is 5.78 Å². The maximum absolute atomic E-state index is 11.8. The number of ketones is 1. The van der Waals surface area contributed by atoms with Gasteiger partial charge in [0.1, 0.15) is 5.78 Å². The fourth-order valence-corrected chi connectivity index (χ4v) is 4.18. The van der Waals surface area contributed by atoms with E-state index in [4.69, 9.17) is 4.74 Å². The summed E-state index contributed by atoms with van der Waals surface area (Å²) in [6, 6.07) is 1.62. The number of hydrogen-bond donors (Lipinski definition) is 0. The Bertz CT molecular complexity index is 312. The zero-order valence-corrected chi connectivity index (χ0v) is 12.0. The number of fused-ring (bicyclic) bond motifs is 2. The molecule has 3 aliphatic heterocycles. The summed E-state index contributed by atoms with van der Waals surface area (Å²) in [5.74, 6) is 0.490. The van der Waals surface area contributed by atoms with E-state index in [2.05, 4.69) is 16.7 Å². The summed E-state index contributed by atoms with van der Waals surface area (Å²) >= 11 is 0. The van der Waals surface area contributed by atoms with Crippen molar-refractivity contribution < 1.29 is 9.53 Å². The van der Waals surface area contributed by atoms with Crippen LogP contribution >= 0.6 is 0 Å². The van der Waals surface area contributed by atoms with Crippen LogP contribution in [0, 0.1) is 0 Å². The molecule has 19 heavy (non-hydrogen) atoms. The zero-order valence-electron chi connectivity index (χ0n) is 12.0. The number of hydrogen-bond acceptors (Lipinski definition) is 4. The van der Waals surface area contributed by atoms with Crippen LogP contribution in [0.5, 0.6) is 0 Å². The molecule has 4 heteroatoms. The van der Waals surface area contributed by atoms with Crippen molar-refractivity contribution in [2.45, 2.75) is 57.2 Å². The van der Waals surface area contributed by atoms with Crippen LogP contribution in [0.1, 0.15) is 39.0 Å². The standard InChI is InChI=1S/C15H26N2O2/c1-12(11-16-5-7-19-8-6-16)17-13-3-2-4-14(17)10-15(18)9-13/h12-14H,2-11H2,1H3. The fraction of sp³-hybridized carbons (Fsp3) is 0.933. The molecular formula is C15H26N2O2. The Kier molecular flexibility index (Phi) is 4.20. The summed E-state index contributed by atoms with van der Waals surface area (Å²) in [5, 5.41) is 0. The monoisotopic (exact) mass is 266 g/mol. The highest BCUT2D eigenvalue weighted by atomic mass is 16.5. The first-order chi connectivity index (χ1) is 9.24. The first-order valence-electron chi connectivity index (χ1n) is 7.83. The van der Waals surface area contributed by atoms with E-state index >= 15 is 0 Å². The van der Waals surface area contributed by atoms with Crippen molar-refractivity contribution in [1.29, 1.82) is 0 Å². The third-order valence-electron chi connectivity index (χ3n) is 4.98. The number of piperidine rings is 2. The van der Waals surface area contributed by atoms with Gasteiger partial charge in [0.15, 0.2) is 0 Å². The number of Topliss-reactive ketones (excluding diaryl/α,β-unsaturated/α-hetero) is 1. The smallest absolute Gasteiger partial charge is 0.136 e. The molecule has 2 bridgehead atoms. The topological polar surface area (TPSA) is 32.8 Å². The lowest BCUT2D eigenvalue weighted by Gasteiger charge is -2.49. The molecule has 3 fully saturated rings. The van der Waals surface area contributed by atoms with Crippen molar-refractivity contribution in [3.63, 3.8) is 0 Å². The Morgan fingerprint density at radius 1 is 1.21 bits per heavy atom. The van der Waals surface area contributed by atoms with E-state index in [1.165, 1.54) is 19.3 Å². The molecule has 3 unspecified atom stereocenters. The van der Waals surface area contributed by atoms with Gasteiger partial charge in [-0.25, -0.2) is 0 Å². The minimum absolute atomic E-state index is 0.490. The summed E-state index contributed by atoms with van der Waals surface area (Å²) in [4.78, 5) is 17.0. The van der Waals surface area contributed by atoms with Crippen molar-refractivity contribution in [2.75, 3.05) is 32.8 Å². The van der Waals surface area contributed by atoms with E-state index in [-0.39, 0.29) is 0 Å². The van der Waals surface area contributed by atoms with Crippen LogP contribution in [-0.4, -0.2) is 66.6 Å². The summed E-state index contributed by atoms with van der Waals surface area (Å²) in [6.45, 7) is 7.34. The van der Waals surface area contributed by atoms with E-state index in [0.717, 1.165) is 45.7 Å². The molecule has 0 amide bonds. The number of nitrogens with zero attached hydrogens (tertiary/aromatic N) is 2. The molecule has 3 heterocycles. The van der Waals surface area contributed by atoms with E-state index in [1.54, 1.807) is 0 Å². The minimum atomic E-state index is 0.490. The van der Waals surface area contributed by atoms with E-state index in [9.17, 15) is 4.79 Å². The van der Waals surface area contributed by atoms with Crippen LogP contribution in [0.2, 0.25) is 0 Å². The third-order valence-corrected chi connectivity index (χ3v) is 4.98. The van der Waals surface area contributed by atoms with E-state index < -0.39 is 0 Å². The van der Waals surface area contributed by atoms with Gasteiger partial charge in [-0.2, -0.15) is 0 Å². The molecule has 0 saturated carbocycles. The second-order valence-corrected chi connectivity index (χ2v) is 6.39. The maximum atomic E-state index is 11.8. The second kappa shape index (κ2) is 5.90. The first-order valence-corrected chi connectivity index (χ1v) is 7.83. The molecule has 3 atom stereocenters. The summed E-state index contributed by atoms with van der Waals surface area (Å²) in [5.41, 5.74) is 0. The van der Waals surface area contributed by atoms with Gasteiger partial charge >= 0.3 is 0 Å². The first kappa shape index (κ1) is 13.5. The molecule has 3 saturated heterocycles. The Morgan fingerprint density at radius 3 is 2.47 bits per heavy atom. The van der Waals surface area contributed by atoms with Gasteiger partial charge in [0, 0.05) is 50.6 Å². The SMILES string of the molecule is CC(CN1CCOCC1)N1C2CCCC1CC(=O)C2. The van der Waals surface area contributed by atoms with Crippen LogP contribution in [0.3, 0.4) is 0 Å². The van der Waals surface area contributed by atoms with E-state index in [1.807, 2.05) is 0 Å². The van der Waals surface area contributed by atoms with Gasteiger partial charge in [0.05, 0.1) is 13.2 Å². The summed E-state index contributed by atoms with van der Waals surface area (Å²) in [6.07, 6.45) is 5.34. The Labute approximate surface area is 116 Å². The van der Waals surface area contributed by atoms with Crippen LogP contribution in [-0.2, 0) is 9.53 Å². The quantitative estimate of drug-likeness (QED) is 0.771. The molecule has 108 valence electrons. The highest BCUT2D eigenvalue weighted by Gasteiger charge is 2.40. The molecule has 0 aliphatic carbocycles.